The highest BCUT2D eigenvalue weighted by atomic mass is 32.1. The van der Waals surface area contributed by atoms with Crippen LogP contribution in [0.1, 0.15) is 27.2 Å². The van der Waals surface area contributed by atoms with Crippen LogP contribution >= 0.6 is 11.3 Å². The molecular weight excluding hydrogens is 693 g/mol. The fourth-order valence-corrected chi connectivity index (χ4v) is 7.07. The molecule has 0 bridgehead atoms. The number of nitrogens with two attached hydrogens (primary N) is 1. The lowest BCUT2D eigenvalue weighted by Crippen LogP contribution is -2.39. The van der Waals surface area contributed by atoms with E-state index in [1.54, 1.807) is 66.7 Å². The summed E-state index contributed by atoms with van der Waals surface area (Å²) in [6.45, 7) is 0.256. The summed E-state index contributed by atoms with van der Waals surface area (Å²) in [4.78, 5) is 64.1. The predicted octanol–water partition coefficient (Wildman–Crippen LogP) is 5.06. The molecule has 6 rings (SSSR count). The fraction of sp³-hybridized carbons (Fsp3) is 0.162. The number of carbonyl (C=O) groups excluding carboxylic acids is 2. The Morgan fingerprint density at radius 3 is 2.29 bits per heavy atom. The molecule has 0 aliphatic rings. The molecule has 0 unspecified atom stereocenters. The van der Waals surface area contributed by atoms with Crippen LogP contribution < -0.4 is 27.8 Å². The van der Waals surface area contributed by atoms with Crippen LogP contribution in [0.15, 0.2) is 101 Å². The lowest BCUT2D eigenvalue weighted by molar-refractivity contribution is 0.1000. The number of pyridine rings is 1. The number of amides is 3. The number of hydrogen-bond acceptors (Lipinski definition) is 8. The maximum absolute atomic E-state index is 15.1. The van der Waals surface area contributed by atoms with Crippen molar-refractivity contribution in [3.8, 4) is 16.1 Å². The maximum Gasteiger partial charge on any atom is 0.343 e. The minimum Gasteiger partial charge on any atom is -0.366 e. The van der Waals surface area contributed by atoms with E-state index >= 15 is 8.78 Å². The van der Waals surface area contributed by atoms with Crippen LogP contribution in [0.2, 0.25) is 0 Å². The predicted molar refractivity (Wildman–Crippen MR) is 195 cm³/mol. The van der Waals surface area contributed by atoms with Gasteiger partial charge in [0.15, 0.2) is 0 Å². The molecule has 0 saturated heterocycles. The molecule has 0 aliphatic carbocycles. The van der Waals surface area contributed by atoms with Gasteiger partial charge in [-0.3, -0.25) is 24.0 Å². The highest BCUT2D eigenvalue weighted by Gasteiger charge is 2.26. The molecule has 266 valence electrons. The number of anilines is 1. The molecule has 0 radical (unpaired) electrons. The molecule has 12 nitrogen and oxygen atoms in total. The highest BCUT2D eigenvalue weighted by molar-refractivity contribution is 7.22. The molecule has 3 heterocycles. The van der Waals surface area contributed by atoms with E-state index in [4.69, 9.17) is 5.73 Å². The molecule has 0 aliphatic heterocycles. The molecule has 15 heteroatoms. The zero-order chi connectivity index (χ0) is 36.9. The van der Waals surface area contributed by atoms with Crippen LogP contribution in [0.5, 0.6) is 0 Å². The summed E-state index contributed by atoms with van der Waals surface area (Å²) < 4.78 is 32.4. The van der Waals surface area contributed by atoms with Crippen LogP contribution in [-0.4, -0.2) is 51.7 Å². The maximum atomic E-state index is 15.1. The molecule has 0 spiro atoms. The van der Waals surface area contributed by atoms with Crippen molar-refractivity contribution in [2.75, 3.05) is 26.0 Å². The smallest absolute Gasteiger partial charge is 0.343 e. The number of likely N-dealkylation sites (N-methyl/N-ethyl adjacent to an activating group) is 1. The monoisotopic (exact) mass is 725 g/mol. The normalized spacial score (nSPS) is 11.2. The number of carbonyl (C=O) groups is 2. The highest BCUT2D eigenvalue weighted by Crippen LogP contribution is 2.38. The van der Waals surface area contributed by atoms with Gasteiger partial charge in [-0.1, -0.05) is 36.4 Å². The van der Waals surface area contributed by atoms with Gasteiger partial charge in [-0.2, -0.15) is 0 Å². The summed E-state index contributed by atoms with van der Waals surface area (Å²) in [6, 6.07) is 21.4. The van der Waals surface area contributed by atoms with Gasteiger partial charge < -0.3 is 16.0 Å². The molecule has 52 heavy (non-hydrogen) atoms. The number of benzene rings is 3. The summed E-state index contributed by atoms with van der Waals surface area (Å²) >= 11 is 1.16. The first-order chi connectivity index (χ1) is 25.0. The van der Waals surface area contributed by atoms with Crippen molar-refractivity contribution in [1.82, 2.24) is 24.5 Å². The minimum absolute atomic E-state index is 0.220. The van der Waals surface area contributed by atoms with Gasteiger partial charge >= 0.3 is 11.7 Å². The number of hydroxylamine groups is 1. The number of urea groups is 1. The third kappa shape index (κ3) is 7.51. The Labute approximate surface area is 299 Å². The minimum atomic E-state index is -0.827. The number of nitrogens with zero attached hydrogens (tertiary/aromatic N) is 4. The van der Waals surface area contributed by atoms with Crippen molar-refractivity contribution in [2.45, 2.75) is 19.5 Å². The van der Waals surface area contributed by atoms with Gasteiger partial charge in [-0.25, -0.2) is 28.4 Å². The van der Waals surface area contributed by atoms with E-state index in [1.807, 2.05) is 11.9 Å². The SMILES string of the molecule is CONC(=O)Nc1ccc(-c2sc3c(c2CN(C)CCc2ccc(C(N)=O)cn2)c(=O)n(-c2ccccc2)c(=O)n3Cc2c(F)cccc2F)cc1. The van der Waals surface area contributed by atoms with Crippen LogP contribution in [0.25, 0.3) is 26.3 Å². The molecule has 3 aromatic heterocycles. The van der Waals surface area contributed by atoms with Crippen LogP contribution in [0, 0.1) is 11.6 Å². The first-order valence-electron chi connectivity index (χ1n) is 16.0. The van der Waals surface area contributed by atoms with Crippen molar-refractivity contribution < 1.29 is 23.2 Å². The number of rotatable bonds is 12. The van der Waals surface area contributed by atoms with E-state index in [0.717, 1.165) is 33.7 Å². The van der Waals surface area contributed by atoms with E-state index in [-0.39, 0.29) is 22.3 Å². The van der Waals surface area contributed by atoms with Gasteiger partial charge in [0.25, 0.3) is 5.56 Å². The van der Waals surface area contributed by atoms with Crippen molar-refractivity contribution in [3.05, 3.63) is 146 Å². The number of para-hydroxylation sites is 1. The van der Waals surface area contributed by atoms with Gasteiger partial charge in [0.1, 0.15) is 16.5 Å². The fourth-order valence-electron chi connectivity index (χ4n) is 5.77. The van der Waals surface area contributed by atoms with E-state index in [0.29, 0.717) is 45.9 Å². The lowest BCUT2D eigenvalue weighted by atomic mass is 10.1. The molecule has 3 aromatic carbocycles. The Morgan fingerprint density at radius 2 is 1.65 bits per heavy atom. The van der Waals surface area contributed by atoms with Crippen molar-refractivity contribution in [1.29, 1.82) is 0 Å². The van der Waals surface area contributed by atoms with Gasteiger partial charge in [0.2, 0.25) is 5.91 Å². The molecule has 0 fully saturated rings. The second-order valence-electron chi connectivity index (χ2n) is 11.9. The summed E-state index contributed by atoms with van der Waals surface area (Å²) in [5.41, 5.74) is 8.92. The van der Waals surface area contributed by atoms with E-state index in [1.165, 1.54) is 23.9 Å². The summed E-state index contributed by atoms with van der Waals surface area (Å²) in [5, 5.41) is 2.86. The first-order valence-corrected chi connectivity index (χ1v) is 16.8. The number of hydrogen-bond donors (Lipinski definition) is 3. The molecule has 6 aromatic rings. The topological polar surface area (TPSA) is 154 Å². The largest absolute Gasteiger partial charge is 0.366 e. The van der Waals surface area contributed by atoms with Crippen molar-refractivity contribution >= 4 is 39.2 Å². The van der Waals surface area contributed by atoms with E-state index in [2.05, 4.69) is 20.6 Å². The standard InChI is InChI=1S/C37H33F2N7O5S/c1-44(18-17-24-14-13-23(19-41-24)33(40)47)20-28-31-34(48)46(26-7-4-3-5-8-26)37(50)45(21-27-29(38)9-6-10-30(27)39)35(31)52-32(28)22-11-15-25(16-12-22)42-36(49)43-51-2/h3-16,19H,17-18,20-21H2,1-2H3,(H2,40,47)(H2,42,43,49). The Balaban J connectivity index is 1.51. The van der Waals surface area contributed by atoms with Crippen LogP contribution in [0.3, 0.4) is 0 Å². The summed E-state index contributed by atoms with van der Waals surface area (Å²) in [7, 11) is 3.18. The summed E-state index contributed by atoms with van der Waals surface area (Å²) in [6.07, 6.45) is 1.92. The first kappa shape index (κ1) is 35.8. The van der Waals surface area contributed by atoms with Crippen LogP contribution in [0.4, 0.5) is 19.3 Å². The van der Waals surface area contributed by atoms with Crippen molar-refractivity contribution in [2.24, 2.45) is 5.73 Å². The second-order valence-corrected chi connectivity index (χ2v) is 12.9. The Bertz CT molecular complexity index is 2360. The van der Waals surface area contributed by atoms with Gasteiger partial charge in [-0.15, -0.1) is 11.3 Å². The van der Waals surface area contributed by atoms with E-state index < -0.39 is 41.4 Å². The summed E-state index contributed by atoms with van der Waals surface area (Å²) in [5.74, 6) is -2.23. The molecular formula is C37H33F2N7O5S. The quantitative estimate of drug-likeness (QED) is 0.149. The zero-order valence-corrected chi connectivity index (χ0v) is 28.9. The average Bonchev–Trinajstić information content (AvgIpc) is 3.50. The number of aromatic nitrogens is 3. The molecule has 4 N–H and O–H groups in total. The Morgan fingerprint density at radius 1 is 0.942 bits per heavy atom. The third-order valence-corrected chi connectivity index (χ3v) is 9.66. The Kier molecular flexibility index (Phi) is 10.6. The van der Waals surface area contributed by atoms with Gasteiger partial charge in [0, 0.05) is 47.5 Å². The zero-order valence-electron chi connectivity index (χ0n) is 28.1. The number of fused-ring (bicyclic) bond motifs is 1. The molecule has 0 saturated carbocycles. The Hall–Kier alpha value is -6.03. The van der Waals surface area contributed by atoms with E-state index in [9.17, 15) is 19.2 Å². The molecule has 3 amide bonds. The van der Waals surface area contributed by atoms with Gasteiger partial charge in [0.05, 0.1) is 30.3 Å². The van der Waals surface area contributed by atoms with Crippen molar-refractivity contribution in [3.63, 3.8) is 0 Å². The van der Waals surface area contributed by atoms with Gasteiger partial charge in [-0.05, 0) is 66.7 Å². The number of thiophene rings is 1. The van der Waals surface area contributed by atoms with Crippen LogP contribution in [-0.2, 0) is 24.3 Å². The number of nitrogens with one attached hydrogen (secondary N) is 2. The lowest BCUT2D eigenvalue weighted by Gasteiger charge is -2.18. The third-order valence-electron chi connectivity index (χ3n) is 8.35. The average molecular weight is 726 g/mol. The number of primary amides is 1. The molecule has 0 atom stereocenters. The second kappa shape index (κ2) is 15.5. The number of halogens is 2.